The number of hydrogen-bond acceptors (Lipinski definition) is 5. The van der Waals surface area contributed by atoms with Crippen LogP contribution in [0.15, 0.2) is 34.8 Å². The fraction of sp³-hybridized carbons (Fsp3) is 0.353. The zero-order valence-electron chi connectivity index (χ0n) is 14.4. The van der Waals surface area contributed by atoms with Crippen molar-refractivity contribution in [3.63, 3.8) is 0 Å². The highest BCUT2D eigenvalue weighted by molar-refractivity contribution is 7.07. The van der Waals surface area contributed by atoms with Crippen molar-refractivity contribution < 1.29 is 19.1 Å². The molecule has 25 heavy (non-hydrogen) atoms. The molecule has 0 unspecified atom stereocenters. The molecule has 0 aliphatic carbocycles. The first-order chi connectivity index (χ1) is 12.0. The second kappa shape index (κ2) is 9.03. The molecular weight excluding hydrogens is 342 g/mol. The number of hydrogen-bond donors (Lipinski definition) is 1. The van der Waals surface area contributed by atoms with Crippen molar-refractivity contribution >= 4 is 23.2 Å². The van der Waals surface area contributed by atoms with Crippen LogP contribution in [0.25, 0.3) is 0 Å². The SMILES string of the molecule is CCOc1ccc(C(=O)NCC(=O)N=c2sccn2C)cc1OCC. The van der Waals surface area contributed by atoms with Crippen LogP contribution in [0.3, 0.4) is 0 Å². The Morgan fingerprint density at radius 3 is 2.56 bits per heavy atom. The lowest BCUT2D eigenvalue weighted by atomic mass is 10.2. The van der Waals surface area contributed by atoms with Crippen molar-refractivity contribution in [1.29, 1.82) is 0 Å². The Kier molecular flexibility index (Phi) is 6.76. The van der Waals surface area contributed by atoms with Gasteiger partial charge in [0, 0.05) is 24.2 Å². The van der Waals surface area contributed by atoms with E-state index in [1.54, 1.807) is 29.8 Å². The first-order valence-corrected chi connectivity index (χ1v) is 8.78. The number of aromatic nitrogens is 1. The quantitative estimate of drug-likeness (QED) is 0.812. The second-order valence-corrected chi connectivity index (χ2v) is 5.89. The van der Waals surface area contributed by atoms with Gasteiger partial charge in [0.1, 0.15) is 0 Å². The Morgan fingerprint density at radius 2 is 1.92 bits per heavy atom. The predicted molar refractivity (Wildman–Crippen MR) is 95.0 cm³/mol. The number of carbonyl (C=O) groups excluding carboxylic acids is 2. The molecule has 0 aliphatic heterocycles. The monoisotopic (exact) mass is 363 g/mol. The van der Waals surface area contributed by atoms with Crippen molar-refractivity contribution in [3.05, 3.63) is 40.1 Å². The number of ether oxygens (including phenoxy) is 2. The smallest absolute Gasteiger partial charge is 0.267 e. The molecule has 0 radical (unpaired) electrons. The molecule has 0 saturated heterocycles. The van der Waals surface area contributed by atoms with Crippen molar-refractivity contribution in [3.8, 4) is 11.5 Å². The van der Waals surface area contributed by atoms with Crippen molar-refractivity contribution in [2.45, 2.75) is 13.8 Å². The van der Waals surface area contributed by atoms with Crippen LogP contribution in [0.4, 0.5) is 0 Å². The molecule has 0 bridgehead atoms. The number of rotatable bonds is 7. The zero-order chi connectivity index (χ0) is 18.2. The molecule has 1 aromatic heterocycles. The third-order valence-corrected chi connectivity index (χ3v) is 4.03. The van der Waals surface area contributed by atoms with Gasteiger partial charge in [-0.15, -0.1) is 11.3 Å². The van der Waals surface area contributed by atoms with Crippen LogP contribution in [-0.4, -0.2) is 36.1 Å². The molecule has 0 spiro atoms. The van der Waals surface area contributed by atoms with Crippen molar-refractivity contribution in [1.82, 2.24) is 9.88 Å². The largest absolute Gasteiger partial charge is 0.490 e. The fourth-order valence-corrected chi connectivity index (χ4v) is 2.78. The molecule has 0 fully saturated rings. The predicted octanol–water partition coefficient (Wildman–Crippen LogP) is 1.74. The topological polar surface area (TPSA) is 81.9 Å². The number of benzene rings is 1. The fourth-order valence-electron chi connectivity index (χ4n) is 2.03. The molecular formula is C17H21N3O4S. The van der Waals surface area contributed by atoms with Crippen LogP contribution in [0.1, 0.15) is 24.2 Å². The third kappa shape index (κ3) is 5.18. The van der Waals surface area contributed by atoms with Crippen LogP contribution in [0.5, 0.6) is 11.5 Å². The maximum absolute atomic E-state index is 12.2. The van der Waals surface area contributed by atoms with Crippen molar-refractivity contribution in [2.75, 3.05) is 19.8 Å². The summed E-state index contributed by atoms with van der Waals surface area (Å²) in [5, 5.41) is 4.40. The number of nitrogens with one attached hydrogen (secondary N) is 1. The van der Waals surface area contributed by atoms with Crippen LogP contribution < -0.4 is 19.6 Å². The van der Waals surface area contributed by atoms with E-state index in [-0.39, 0.29) is 12.5 Å². The lowest BCUT2D eigenvalue weighted by Crippen LogP contribution is -2.30. The van der Waals surface area contributed by atoms with Gasteiger partial charge in [0.2, 0.25) is 0 Å². The molecule has 0 atom stereocenters. The first-order valence-electron chi connectivity index (χ1n) is 7.90. The normalized spacial score (nSPS) is 11.2. The molecule has 0 aliphatic rings. The summed E-state index contributed by atoms with van der Waals surface area (Å²) in [6.45, 7) is 4.52. The first kappa shape index (κ1) is 18.7. The molecule has 7 nitrogen and oxygen atoms in total. The molecule has 2 rings (SSSR count). The lowest BCUT2D eigenvalue weighted by molar-refractivity contribution is -0.117. The van der Waals surface area contributed by atoms with Gasteiger partial charge in [-0.1, -0.05) is 0 Å². The Bertz CT molecular complexity index is 810. The maximum Gasteiger partial charge on any atom is 0.267 e. The van der Waals surface area contributed by atoms with E-state index in [0.29, 0.717) is 35.1 Å². The van der Waals surface area contributed by atoms with E-state index in [1.807, 2.05) is 25.4 Å². The standard InChI is InChI=1S/C17H21N3O4S/c1-4-23-13-7-6-12(10-14(13)24-5-2)16(22)18-11-15(21)19-17-20(3)8-9-25-17/h6-10H,4-5,11H2,1-3H3,(H,18,22). The highest BCUT2D eigenvalue weighted by atomic mass is 32.1. The summed E-state index contributed by atoms with van der Waals surface area (Å²) in [6.07, 6.45) is 1.81. The van der Waals surface area contributed by atoms with Gasteiger partial charge in [-0.05, 0) is 32.0 Å². The van der Waals surface area contributed by atoms with E-state index >= 15 is 0 Å². The van der Waals surface area contributed by atoms with E-state index in [9.17, 15) is 9.59 Å². The molecule has 2 amide bonds. The van der Waals surface area contributed by atoms with Crippen LogP contribution in [-0.2, 0) is 11.8 Å². The number of thiazole rings is 1. The molecule has 1 heterocycles. The van der Waals surface area contributed by atoms with Crippen LogP contribution in [0, 0.1) is 0 Å². The van der Waals surface area contributed by atoms with Gasteiger partial charge in [0.15, 0.2) is 16.3 Å². The summed E-state index contributed by atoms with van der Waals surface area (Å²) in [5.74, 6) is 0.293. The summed E-state index contributed by atoms with van der Waals surface area (Å²) >= 11 is 1.35. The van der Waals surface area contributed by atoms with E-state index in [0.717, 1.165) is 0 Å². The van der Waals surface area contributed by atoms with E-state index < -0.39 is 5.91 Å². The summed E-state index contributed by atoms with van der Waals surface area (Å²) in [5.41, 5.74) is 0.390. The molecule has 0 saturated carbocycles. The average molecular weight is 363 g/mol. The number of carbonyl (C=O) groups is 2. The second-order valence-electron chi connectivity index (χ2n) is 5.01. The highest BCUT2D eigenvalue weighted by Crippen LogP contribution is 2.28. The van der Waals surface area contributed by atoms with Gasteiger partial charge in [0.25, 0.3) is 11.8 Å². The summed E-state index contributed by atoms with van der Waals surface area (Å²) < 4.78 is 12.7. The minimum Gasteiger partial charge on any atom is -0.490 e. The summed E-state index contributed by atoms with van der Waals surface area (Å²) in [7, 11) is 1.80. The Hall–Kier alpha value is -2.61. The van der Waals surface area contributed by atoms with Crippen LogP contribution >= 0.6 is 11.3 Å². The van der Waals surface area contributed by atoms with Gasteiger partial charge < -0.3 is 19.4 Å². The van der Waals surface area contributed by atoms with Gasteiger partial charge in [0.05, 0.1) is 19.8 Å². The summed E-state index contributed by atoms with van der Waals surface area (Å²) in [4.78, 5) is 28.6. The average Bonchev–Trinajstić information content (AvgIpc) is 2.99. The minimum atomic E-state index is -0.414. The number of aryl methyl sites for hydroxylation is 1. The van der Waals surface area contributed by atoms with Crippen molar-refractivity contribution in [2.24, 2.45) is 12.0 Å². The Morgan fingerprint density at radius 1 is 1.20 bits per heavy atom. The molecule has 2 aromatic rings. The van der Waals surface area contributed by atoms with Gasteiger partial charge >= 0.3 is 0 Å². The van der Waals surface area contributed by atoms with E-state index in [2.05, 4.69) is 10.3 Å². The lowest BCUT2D eigenvalue weighted by Gasteiger charge is -2.12. The van der Waals surface area contributed by atoms with Gasteiger partial charge in [-0.25, -0.2) is 0 Å². The zero-order valence-corrected chi connectivity index (χ0v) is 15.3. The van der Waals surface area contributed by atoms with Crippen LogP contribution in [0.2, 0.25) is 0 Å². The number of amides is 2. The van der Waals surface area contributed by atoms with Gasteiger partial charge in [-0.2, -0.15) is 4.99 Å². The third-order valence-electron chi connectivity index (χ3n) is 3.19. The van der Waals surface area contributed by atoms with E-state index in [1.165, 1.54) is 11.3 Å². The summed E-state index contributed by atoms with van der Waals surface area (Å²) in [6, 6.07) is 4.91. The maximum atomic E-state index is 12.2. The Labute approximate surface area is 149 Å². The Balaban J connectivity index is 2.04. The molecule has 134 valence electrons. The highest BCUT2D eigenvalue weighted by Gasteiger charge is 2.12. The minimum absolute atomic E-state index is 0.173. The number of nitrogens with zero attached hydrogens (tertiary/aromatic N) is 2. The molecule has 1 N–H and O–H groups in total. The molecule has 8 heteroatoms. The van der Waals surface area contributed by atoms with E-state index in [4.69, 9.17) is 9.47 Å². The molecule has 1 aromatic carbocycles. The van der Waals surface area contributed by atoms with Gasteiger partial charge in [-0.3, -0.25) is 9.59 Å².